The number of esters is 1. The molecule has 0 aliphatic carbocycles. The predicted molar refractivity (Wildman–Crippen MR) is 32.1 cm³/mol. The molecule has 0 bridgehead atoms. The summed E-state index contributed by atoms with van der Waals surface area (Å²) in [5, 5.41) is 0. The van der Waals surface area contributed by atoms with E-state index in [1.54, 1.807) is 0 Å². The average Bonchev–Trinajstić information content (AvgIpc) is 1.85. The highest BCUT2D eigenvalue weighted by molar-refractivity contribution is 5.83. The van der Waals surface area contributed by atoms with Gasteiger partial charge in [-0.15, -0.1) is 0 Å². The Bertz CT molecular complexity index is 150. The lowest BCUT2D eigenvalue weighted by molar-refractivity contribution is -0.152. The van der Waals surface area contributed by atoms with Crippen molar-refractivity contribution < 1.29 is 19.1 Å². The first kappa shape index (κ1) is 8.81. The summed E-state index contributed by atoms with van der Waals surface area (Å²) in [6.07, 6.45) is 0.112. The van der Waals surface area contributed by atoms with E-state index in [1.165, 1.54) is 6.92 Å². The van der Waals surface area contributed by atoms with Crippen molar-refractivity contribution in [2.45, 2.75) is 19.8 Å². The van der Waals surface area contributed by atoms with Crippen molar-refractivity contribution in [1.29, 1.82) is 0 Å². The van der Waals surface area contributed by atoms with Crippen molar-refractivity contribution in [1.82, 2.24) is 0 Å². The van der Waals surface area contributed by atoms with Crippen molar-refractivity contribution in [2.24, 2.45) is 0 Å². The van der Waals surface area contributed by atoms with Gasteiger partial charge in [-0.1, -0.05) is 0 Å². The molecule has 0 amide bonds. The van der Waals surface area contributed by atoms with E-state index >= 15 is 0 Å². The highest BCUT2D eigenvalue weighted by Gasteiger charge is 2.02. The molecule has 0 rings (SSSR count). The van der Waals surface area contributed by atoms with Gasteiger partial charge < -0.3 is 9.53 Å². The Morgan fingerprint density at radius 1 is 1.40 bits per heavy atom. The van der Waals surface area contributed by atoms with Crippen molar-refractivity contribution >= 4 is 18.2 Å². The maximum Gasteiger partial charge on any atom is 0.313 e. The Hall–Kier alpha value is -1.19. The fraction of sp³-hybridized carbons (Fsp3) is 0.500. The number of carbonyl (C=O) groups is 3. The monoisotopic (exact) mass is 144 g/mol. The van der Waals surface area contributed by atoms with Gasteiger partial charge in [0, 0.05) is 6.42 Å². The first-order valence-corrected chi connectivity index (χ1v) is 2.79. The molecule has 4 nitrogen and oxygen atoms in total. The average molecular weight is 144 g/mol. The van der Waals surface area contributed by atoms with Crippen molar-refractivity contribution in [3.8, 4) is 0 Å². The van der Waals surface area contributed by atoms with Crippen LogP contribution in [0.2, 0.25) is 0 Å². The van der Waals surface area contributed by atoms with Crippen molar-refractivity contribution in [3.05, 3.63) is 0 Å². The van der Waals surface area contributed by atoms with Crippen LogP contribution < -0.4 is 0 Å². The van der Waals surface area contributed by atoms with E-state index in [4.69, 9.17) is 0 Å². The van der Waals surface area contributed by atoms with Crippen LogP contribution in [0.5, 0.6) is 0 Å². The third kappa shape index (κ3) is 4.96. The molecule has 0 heterocycles. The Labute approximate surface area is 58.2 Å². The van der Waals surface area contributed by atoms with Gasteiger partial charge in [0.2, 0.25) is 0 Å². The molecule has 4 heteroatoms. The Kier molecular flexibility index (Phi) is 4.11. The molecule has 0 radical (unpaired) electrons. The van der Waals surface area contributed by atoms with Gasteiger partial charge in [-0.25, -0.2) is 0 Å². The minimum absolute atomic E-state index is 0.0198. The lowest BCUT2D eigenvalue weighted by atomic mass is 10.2. The number of hydrogen-bond donors (Lipinski definition) is 0. The Balaban J connectivity index is 3.39. The molecule has 0 spiro atoms. The molecule has 0 aromatic rings. The van der Waals surface area contributed by atoms with Crippen LogP contribution in [-0.2, 0) is 19.1 Å². The highest BCUT2D eigenvalue weighted by atomic mass is 16.6. The maximum atomic E-state index is 10.3. The molecule has 10 heavy (non-hydrogen) atoms. The van der Waals surface area contributed by atoms with E-state index in [1.807, 2.05) is 0 Å². The molecule has 0 N–H and O–H groups in total. The van der Waals surface area contributed by atoms with E-state index in [9.17, 15) is 14.4 Å². The van der Waals surface area contributed by atoms with Gasteiger partial charge in [-0.3, -0.25) is 9.59 Å². The van der Waals surface area contributed by atoms with Gasteiger partial charge >= 0.3 is 12.4 Å². The first-order valence-electron chi connectivity index (χ1n) is 2.79. The number of ether oxygens (including phenoxy) is 1. The fourth-order valence-electron chi connectivity index (χ4n) is 0.391. The highest BCUT2D eigenvalue weighted by Crippen LogP contribution is 1.91. The van der Waals surface area contributed by atoms with Crippen LogP contribution >= 0.6 is 0 Å². The Morgan fingerprint density at radius 3 is 2.40 bits per heavy atom. The topological polar surface area (TPSA) is 60.4 Å². The van der Waals surface area contributed by atoms with Gasteiger partial charge in [-0.2, -0.15) is 0 Å². The molecule has 0 aliphatic rings. The molecule has 0 unspecified atom stereocenters. The van der Waals surface area contributed by atoms with E-state index in [-0.39, 0.29) is 25.1 Å². The van der Waals surface area contributed by atoms with Crippen LogP contribution in [0.1, 0.15) is 19.8 Å². The van der Waals surface area contributed by atoms with Crippen LogP contribution in [0.15, 0.2) is 0 Å². The number of rotatable bonds is 4. The van der Waals surface area contributed by atoms with Gasteiger partial charge in [-0.05, 0) is 6.92 Å². The summed E-state index contributed by atoms with van der Waals surface area (Å²) in [4.78, 5) is 30.1. The molecule has 0 saturated carbocycles. The summed E-state index contributed by atoms with van der Waals surface area (Å²) in [7, 11) is 0. The summed E-state index contributed by atoms with van der Waals surface area (Å²) < 4.78 is 3.92. The van der Waals surface area contributed by atoms with Crippen LogP contribution in [0, 0.1) is 0 Å². The van der Waals surface area contributed by atoms with Crippen molar-refractivity contribution in [3.63, 3.8) is 0 Å². The zero-order valence-electron chi connectivity index (χ0n) is 5.62. The zero-order valence-corrected chi connectivity index (χ0v) is 5.62. The fourth-order valence-corrected chi connectivity index (χ4v) is 0.391. The molecule has 0 aliphatic heterocycles. The van der Waals surface area contributed by atoms with Gasteiger partial charge in [0.25, 0.3) is 0 Å². The summed E-state index contributed by atoms with van der Waals surface area (Å²) in [6.45, 7) is 1.43. The normalized spacial score (nSPS) is 8.50. The predicted octanol–water partition coefficient (Wildman–Crippen LogP) is 0.0552. The molecule has 0 saturated heterocycles. The molecular weight excluding hydrogens is 136 g/mol. The smallest absolute Gasteiger partial charge is 0.313 e. The Morgan fingerprint density at radius 2 is 2.00 bits per heavy atom. The minimum atomic E-state index is -0.662. The molecular formula is C6H8O4. The SMILES string of the molecule is CC(=O)CCC(=O)OC=O. The summed E-state index contributed by atoms with van der Waals surface area (Å²) in [6, 6.07) is 0. The lowest BCUT2D eigenvalue weighted by Gasteiger charge is -1.92. The second-order valence-electron chi connectivity index (χ2n) is 1.79. The number of Topliss-reactive ketones (excluding diaryl/α,β-unsaturated/α-hetero) is 1. The molecule has 0 aromatic carbocycles. The number of ketones is 1. The van der Waals surface area contributed by atoms with E-state index in [2.05, 4.69) is 4.74 Å². The van der Waals surface area contributed by atoms with Gasteiger partial charge in [0.05, 0.1) is 6.42 Å². The quantitative estimate of drug-likeness (QED) is 0.318. The van der Waals surface area contributed by atoms with E-state index in [0.29, 0.717) is 0 Å². The van der Waals surface area contributed by atoms with Crippen LogP contribution in [0.4, 0.5) is 0 Å². The molecule has 0 fully saturated rings. The zero-order chi connectivity index (χ0) is 7.98. The standard InChI is InChI=1S/C6H8O4/c1-5(8)2-3-6(9)10-4-7/h4H,2-3H2,1H3. The number of carbonyl (C=O) groups excluding carboxylic acids is 3. The minimum Gasteiger partial charge on any atom is -0.395 e. The van der Waals surface area contributed by atoms with Gasteiger partial charge in [0.15, 0.2) is 0 Å². The van der Waals surface area contributed by atoms with E-state index < -0.39 is 5.97 Å². The van der Waals surface area contributed by atoms with E-state index in [0.717, 1.165) is 0 Å². The molecule has 0 atom stereocenters. The number of hydrogen-bond acceptors (Lipinski definition) is 4. The molecule has 0 aromatic heterocycles. The first-order chi connectivity index (χ1) is 4.66. The van der Waals surface area contributed by atoms with Crippen molar-refractivity contribution in [2.75, 3.05) is 0 Å². The second-order valence-corrected chi connectivity index (χ2v) is 1.79. The summed E-state index contributed by atoms with van der Waals surface area (Å²) in [5.41, 5.74) is 0. The second kappa shape index (κ2) is 4.67. The molecule has 56 valence electrons. The lowest BCUT2D eigenvalue weighted by Crippen LogP contribution is -2.04. The van der Waals surface area contributed by atoms with Crippen LogP contribution in [0.25, 0.3) is 0 Å². The maximum absolute atomic E-state index is 10.3. The van der Waals surface area contributed by atoms with Crippen LogP contribution in [-0.4, -0.2) is 18.2 Å². The van der Waals surface area contributed by atoms with Crippen LogP contribution in [0.3, 0.4) is 0 Å². The van der Waals surface area contributed by atoms with Gasteiger partial charge in [0.1, 0.15) is 5.78 Å². The summed E-state index contributed by atoms with van der Waals surface area (Å²) in [5.74, 6) is -0.756. The summed E-state index contributed by atoms with van der Waals surface area (Å²) >= 11 is 0. The third-order valence-corrected chi connectivity index (χ3v) is 0.861. The largest absolute Gasteiger partial charge is 0.395 e. The third-order valence-electron chi connectivity index (χ3n) is 0.861.